The van der Waals surface area contributed by atoms with Gasteiger partial charge in [0.1, 0.15) is 0 Å². The van der Waals surface area contributed by atoms with Crippen molar-refractivity contribution in [3.05, 3.63) is 42.2 Å². The van der Waals surface area contributed by atoms with Crippen LogP contribution in [0.3, 0.4) is 0 Å². The molecule has 16 heavy (non-hydrogen) atoms. The first-order valence-corrected chi connectivity index (χ1v) is 4.91. The fourth-order valence-corrected chi connectivity index (χ4v) is 1.42. The van der Waals surface area contributed by atoms with Crippen molar-refractivity contribution >= 4 is 5.78 Å². The molecule has 2 aromatic rings. The third-order valence-corrected chi connectivity index (χ3v) is 2.31. The quantitative estimate of drug-likeness (QED) is 0.738. The minimum atomic E-state index is 0.0426. The normalized spacial score (nSPS) is 10.1. The van der Waals surface area contributed by atoms with Gasteiger partial charge in [0.2, 0.25) is 0 Å². The number of nitrogens with zero attached hydrogens (tertiary/aromatic N) is 2. The maximum atomic E-state index is 11.2. The largest absolute Gasteiger partial charge is 0.493 e. The second-order valence-electron chi connectivity index (χ2n) is 3.43. The van der Waals surface area contributed by atoms with Gasteiger partial charge >= 0.3 is 0 Å². The van der Waals surface area contributed by atoms with Crippen molar-refractivity contribution in [2.75, 3.05) is 7.11 Å². The molecule has 0 aliphatic carbocycles. The zero-order valence-corrected chi connectivity index (χ0v) is 9.18. The van der Waals surface area contributed by atoms with Crippen molar-refractivity contribution in [2.24, 2.45) is 0 Å². The molecule has 0 N–H and O–H groups in total. The molecule has 0 atom stereocenters. The molecule has 82 valence electrons. The summed E-state index contributed by atoms with van der Waals surface area (Å²) in [7, 11) is 1.59. The summed E-state index contributed by atoms with van der Waals surface area (Å²) in [5.41, 5.74) is 1.52. The van der Waals surface area contributed by atoms with Crippen LogP contribution in [0, 0.1) is 0 Å². The lowest BCUT2D eigenvalue weighted by atomic mass is 10.1. The number of benzene rings is 1. The summed E-state index contributed by atoms with van der Waals surface area (Å²) in [6, 6.07) is 7.31. The van der Waals surface area contributed by atoms with Crippen LogP contribution in [0.15, 0.2) is 36.7 Å². The van der Waals surface area contributed by atoms with E-state index in [1.165, 1.54) is 0 Å². The minimum absolute atomic E-state index is 0.0426. The van der Waals surface area contributed by atoms with Gasteiger partial charge in [0.15, 0.2) is 11.5 Å². The van der Waals surface area contributed by atoms with E-state index in [1.54, 1.807) is 43.2 Å². The SMILES string of the molecule is COc1cnn(-c2cccc(C(C)=O)c2)c1. The Morgan fingerprint density at radius 1 is 1.44 bits per heavy atom. The Morgan fingerprint density at radius 3 is 2.88 bits per heavy atom. The first-order chi connectivity index (χ1) is 7.70. The predicted molar refractivity (Wildman–Crippen MR) is 60.1 cm³/mol. The van der Waals surface area contributed by atoms with E-state index < -0.39 is 0 Å². The number of methoxy groups -OCH3 is 1. The van der Waals surface area contributed by atoms with Crippen LogP contribution < -0.4 is 4.74 Å². The maximum absolute atomic E-state index is 11.2. The molecular weight excluding hydrogens is 204 g/mol. The maximum Gasteiger partial charge on any atom is 0.159 e. The number of Topliss-reactive ketones (excluding diaryl/α,β-unsaturated/α-hetero) is 1. The summed E-state index contributed by atoms with van der Waals surface area (Å²) in [4.78, 5) is 11.2. The van der Waals surface area contributed by atoms with E-state index in [4.69, 9.17) is 4.74 Å². The molecule has 0 radical (unpaired) electrons. The topological polar surface area (TPSA) is 44.1 Å². The Kier molecular flexibility index (Phi) is 2.72. The second-order valence-corrected chi connectivity index (χ2v) is 3.43. The zero-order valence-electron chi connectivity index (χ0n) is 9.18. The fourth-order valence-electron chi connectivity index (χ4n) is 1.42. The van der Waals surface area contributed by atoms with Gasteiger partial charge in [0.25, 0.3) is 0 Å². The van der Waals surface area contributed by atoms with Gasteiger partial charge in [-0.15, -0.1) is 0 Å². The van der Waals surface area contributed by atoms with Gasteiger partial charge in [-0.25, -0.2) is 4.68 Å². The number of rotatable bonds is 3. The van der Waals surface area contributed by atoms with Crippen molar-refractivity contribution in [3.8, 4) is 11.4 Å². The molecule has 0 amide bonds. The Balaban J connectivity index is 2.40. The van der Waals surface area contributed by atoms with Crippen molar-refractivity contribution in [1.29, 1.82) is 0 Å². The van der Waals surface area contributed by atoms with E-state index in [1.807, 2.05) is 12.1 Å². The summed E-state index contributed by atoms with van der Waals surface area (Å²) in [6.07, 6.45) is 3.39. The number of aromatic nitrogens is 2. The van der Waals surface area contributed by atoms with E-state index in [0.29, 0.717) is 11.3 Å². The molecule has 4 nitrogen and oxygen atoms in total. The van der Waals surface area contributed by atoms with Crippen molar-refractivity contribution < 1.29 is 9.53 Å². The number of carbonyl (C=O) groups is 1. The molecule has 2 rings (SSSR count). The Hall–Kier alpha value is -2.10. The highest BCUT2D eigenvalue weighted by Crippen LogP contribution is 2.14. The molecule has 0 saturated heterocycles. The number of ether oxygens (including phenoxy) is 1. The summed E-state index contributed by atoms with van der Waals surface area (Å²) >= 11 is 0. The second kappa shape index (κ2) is 4.18. The van der Waals surface area contributed by atoms with Crippen molar-refractivity contribution in [1.82, 2.24) is 9.78 Å². The minimum Gasteiger partial charge on any atom is -0.493 e. The fraction of sp³-hybridized carbons (Fsp3) is 0.167. The Labute approximate surface area is 93.5 Å². The highest BCUT2D eigenvalue weighted by molar-refractivity contribution is 5.94. The molecule has 1 aromatic carbocycles. The lowest BCUT2D eigenvalue weighted by molar-refractivity contribution is 0.101. The van der Waals surface area contributed by atoms with Gasteiger partial charge in [-0.05, 0) is 19.1 Å². The van der Waals surface area contributed by atoms with E-state index in [-0.39, 0.29) is 5.78 Å². The number of hydrogen-bond acceptors (Lipinski definition) is 3. The monoisotopic (exact) mass is 216 g/mol. The van der Waals surface area contributed by atoms with E-state index in [9.17, 15) is 4.79 Å². The van der Waals surface area contributed by atoms with Crippen LogP contribution in [0.25, 0.3) is 5.69 Å². The molecule has 4 heteroatoms. The molecule has 0 saturated carbocycles. The van der Waals surface area contributed by atoms with Gasteiger partial charge < -0.3 is 4.74 Å². The summed E-state index contributed by atoms with van der Waals surface area (Å²) < 4.78 is 6.72. The van der Waals surface area contributed by atoms with Crippen LogP contribution in [-0.4, -0.2) is 22.7 Å². The Morgan fingerprint density at radius 2 is 2.25 bits per heavy atom. The number of hydrogen-bond donors (Lipinski definition) is 0. The van der Waals surface area contributed by atoms with Gasteiger partial charge in [-0.2, -0.15) is 5.10 Å². The van der Waals surface area contributed by atoms with Crippen LogP contribution in [-0.2, 0) is 0 Å². The number of ketones is 1. The average molecular weight is 216 g/mol. The molecule has 1 aromatic heterocycles. The highest BCUT2D eigenvalue weighted by Gasteiger charge is 2.03. The Bertz CT molecular complexity index is 517. The standard InChI is InChI=1S/C12H12N2O2/c1-9(15)10-4-3-5-11(6-10)14-8-12(16-2)7-13-14/h3-8H,1-2H3. The van der Waals surface area contributed by atoms with Gasteiger partial charge in [0, 0.05) is 5.56 Å². The molecule has 0 unspecified atom stereocenters. The molecule has 0 bridgehead atoms. The zero-order chi connectivity index (χ0) is 11.5. The smallest absolute Gasteiger partial charge is 0.159 e. The van der Waals surface area contributed by atoms with Crippen LogP contribution in [0.4, 0.5) is 0 Å². The average Bonchev–Trinajstić information content (AvgIpc) is 2.77. The first kappa shape index (κ1) is 10.4. The van der Waals surface area contributed by atoms with Gasteiger partial charge in [-0.1, -0.05) is 12.1 Å². The molecule has 0 aliphatic rings. The molecule has 1 heterocycles. The van der Waals surface area contributed by atoms with Gasteiger partial charge in [0.05, 0.1) is 25.2 Å². The van der Waals surface area contributed by atoms with Crippen LogP contribution >= 0.6 is 0 Å². The van der Waals surface area contributed by atoms with Crippen LogP contribution in [0.5, 0.6) is 5.75 Å². The van der Waals surface area contributed by atoms with Crippen molar-refractivity contribution in [3.63, 3.8) is 0 Å². The lowest BCUT2D eigenvalue weighted by Crippen LogP contribution is -1.98. The number of carbonyl (C=O) groups excluding carboxylic acids is 1. The molecule has 0 spiro atoms. The highest BCUT2D eigenvalue weighted by atomic mass is 16.5. The van der Waals surface area contributed by atoms with Crippen LogP contribution in [0.1, 0.15) is 17.3 Å². The first-order valence-electron chi connectivity index (χ1n) is 4.91. The van der Waals surface area contributed by atoms with Gasteiger partial charge in [-0.3, -0.25) is 4.79 Å². The van der Waals surface area contributed by atoms with E-state index in [2.05, 4.69) is 5.10 Å². The predicted octanol–water partition coefficient (Wildman–Crippen LogP) is 2.08. The third kappa shape index (κ3) is 1.95. The molecular formula is C12H12N2O2. The summed E-state index contributed by atoms with van der Waals surface area (Å²) in [6.45, 7) is 1.54. The molecule has 0 aliphatic heterocycles. The third-order valence-electron chi connectivity index (χ3n) is 2.31. The molecule has 0 fully saturated rings. The summed E-state index contributed by atoms with van der Waals surface area (Å²) in [5.74, 6) is 0.731. The summed E-state index contributed by atoms with van der Waals surface area (Å²) in [5, 5.41) is 4.14. The van der Waals surface area contributed by atoms with Crippen molar-refractivity contribution in [2.45, 2.75) is 6.92 Å². The van der Waals surface area contributed by atoms with E-state index >= 15 is 0 Å². The van der Waals surface area contributed by atoms with Crippen LogP contribution in [0.2, 0.25) is 0 Å². The lowest BCUT2D eigenvalue weighted by Gasteiger charge is -2.02. The van der Waals surface area contributed by atoms with E-state index in [0.717, 1.165) is 5.69 Å².